The minimum atomic E-state index is -0.549. The first kappa shape index (κ1) is 12.3. The van der Waals surface area contributed by atoms with Crippen LogP contribution in [0.25, 0.3) is 0 Å². The van der Waals surface area contributed by atoms with E-state index in [0.29, 0.717) is 6.54 Å². The molecule has 6 heteroatoms. The number of hydrogen-bond donors (Lipinski definition) is 1. The molecule has 17 heavy (non-hydrogen) atoms. The van der Waals surface area contributed by atoms with Gasteiger partial charge in [0, 0.05) is 6.04 Å². The van der Waals surface area contributed by atoms with Gasteiger partial charge in [0.25, 0.3) is 0 Å². The molecule has 2 aliphatic heterocycles. The number of aliphatic hydroxyl groups is 1. The van der Waals surface area contributed by atoms with Crippen LogP contribution in [0.1, 0.15) is 19.3 Å². The van der Waals surface area contributed by atoms with Crippen molar-refractivity contribution in [2.45, 2.75) is 25.3 Å². The van der Waals surface area contributed by atoms with Crippen molar-refractivity contribution in [2.24, 2.45) is 0 Å². The number of likely N-dealkylation sites (tertiary alicyclic amines) is 1. The molecule has 0 saturated carbocycles. The molecular formula is C11H18N2O4. The van der Waals surface area contributed by atoms with Crippen molar-refractivity contribution in [1.82, 2.24) is 9.80 Å². The van der Waals surface area contributed by atoms with Gasteiger partial charge in [0.05, 0.1) is 19.7 Å². The van der Waals surface area contributed by atoms with Gasteiger partial charge in [-0.25, -0.2) is 9.69 Å². The maximum atomic E-state index is 11.9. The molecule has 0 bridgehead atoms. The molecule has 96 valence electrons. The Morgan fingerprint density at radius 3 is 2.88 bits per heavy atom. The molecule has 2 heterocycles. The largest absolute Gasteiger partial charge is 0.447 e. The predicted molar refractivity (Wildman–Crippen MR) is 59.4 cm³/mol. The molecule has 1 N–H and O–H groups in total. The second kappa shape index (κ2) is 5.46. The molecule has 0 aromatic rings. The zero-order valence-electron chi connectivity index (χ0n) is 9.80. The molecule has 0 spiro atoms. The first-order valence-corrected chi connectivity index (χ1v) is 6.04. The van der Waals surface area contributed by atoms with E-state index in [1.165, 1.54) is 0 Å². The molecule has 2 saturated heterocycles. The molecule has 0 radical (unpaired) electrons. The van der Waals surface area contributed by atoms with E-state index in [1.807, 2.05) is 4.90 Å². The average molecular weight is 242 g/mol. The van der Waals surface area contributed by atoms with Gasteiger partial charge in [-0.15, -0.1) is 0 Å². The standard InChI is InChI=1S/C11H18N2O4/c14-8-9-3-1-2-4-12(9)7-10(15)13-5-6-17-11(13)16/h9,14H,1-8H2. The fraction of sp³-hybridized carbons (Fsp3) is 0.818. The second-order valence-corrected chi connectivity index (χ2v) is 4.46. The fourth-order valence-electron chi connectivity index (χ4n) is 2.35. The Labute approximate surface area is 100 Å². The molecule has 6 nitrogen and oxygen atoms in total. The van der Waals surface area contributed by atoms with E-state index in [0.717, 1.165) is 30.7 Å². The fourth-order valence-corrected chi connectivity index (χ4v) is 2.35. The van der Waals surface area contributed by atoms with Crippen LogP contribution >= 0.6 is 0 Å². The van der Waals surface area contributed by atoms with E-state index in [4.69, 9.17) is 4.74 Å². The number of aliphatic hydroxyl groups excluding tert-OH is 1. The summed E-state index contributed by atoms with van der Waals surface area (Å²) in [6, 6.07) is 0.0475. The number of hydrogen-bond acceptors (Lipinski definition) is 5. The summed E-state index contributed by atoms with van der Waals surface area (Å²) in [5, 5.41) is 9.23. The highest BCUT2D eigenvalue weighted by atomic mass is 16.6. The van der Waals surface area contributed by atoms with Crippen LogP contribution in [0.3, 0.4) is 0 Å². The quantitative estimate of drug-likeness (QED) is 0.743. The van der Waals surface area contributed by atoms with Crippen molar-refractivity contribution in [3.63, 3.8) is 0 Å². The Hall–Kier alpha value is -1.14. The van der Waals surface area contributed by atoms with Crippen LogP contribution in [0.2, 0.25) is 0 Å². The van der Waals surface area contributed by atoms with Gasteiger partial charge in [0.15, 0.2) is 0 Å². The number of piperidine rings is 1. The number of carbonyl (C=O) groups excluding carboxylic acids is 2. The Kier molecular flexibility index (Phi) is 3.96. The molecule has 2 fully saturated rings. The Balaban J connectivity index is 1.90. The van der Waals surface area contributed by atoms with E-state index in [9.17, 15) is 14.7 Å². The van der Waals surface area contributed by atoms with Gasteiger partial charge in [-0.3, -0.25) is 9.69 Å². The summed E-state index contributed by atoms with van der Waals surface area (Å²) in [5.41, 5.74) is 0. The topological polar surface area (TPSA) is 70.1 Å². The van der Waals surface area contributed by atoms with Gasteiger partial charge >= 0.3 is 6.09 Å². The molecule has 1 unspecified atom stereocenters. The number of carbonyl (C=O) groups is 2. The summed E-state index contributed by atoms with van der Waals surface area (Å²) in [6.45, 7) is 1.70. The highest BCUT2D eigenvalue weighted by Gasteiger charge is 2.31. The molecule has 1 atom stereocenters. The zero-order valence-corrected chi connectivity index (χ0v) is 9.80. The minimum absolute atomic E-state index is 0.0475. The molecular weight excluding hydrogens is 224 g/mol. The number of imide groups is 1. The Morgan fingerprint density at radius 2 is 2.24 bits per heavy atom. The highest BCUT2D eigenvalue weighted by molar-refractivity contribution is 5.94. The lowest BCUT2D eigenvalue weighted by Gasteiger charge is -2.34. The lowest BCUT2D eigenvalue weighted by molar-refractivity contribution is -0.130. The van der Waals surface area contributed by atoms with Crippen LogP contribution in [-0.2, 0) is 9.53 Å². The van der Waals surface area contributed by atoms with E-state index in [-0.39, 0.29) is 31.7 Å². The van der Waals surface area contributed by atoms with E-state index >= 15 is 0 Å². The summed E-state index contributed by atoms with van der Waals surface area (Å²) in [6.07, 6.45) is 2.48. The predicted octanol–water partition coefficient (Wildman–Crippen LogP) is -0.188. The van der Waals surface area contributed by atoms with Crippen LogP contribution in [0.4, 0.5) is 4.79 Å². The first-order valence-electron chi connectivity index (χ1n) is 6.04. The minimum Gasteiger partial charge on any atom is -0.447 e. The van der Waals surface area contributed by atoms with Crippen molar-refractivity contribution in [1.29, 1.82) is 0 Å². The molecule has 2 rings (SSSR count). The van der Waals surface area contributed by atoms with Gasteiger partial charge in [-0.05, 0) is 19.4 Å². The summed E-state index contributed by atoms with van der Waals surface area (Å²) in [4.78, 5) is 26.2. The van der Waals surface area contributed by atoms with E-state index in [1.54, 1.807) is 0 Å². The molecule has 0 aromatic carbocycles. The van der Waals surface area contributed by atoms with Crippen LogP contribution < -0.4 is 0 Å². The SMILES string of the molecule is O=C(CN1CCCCC1CO)N1CCOC1=O. The number of cyclic esters (lactones) is 1. The van der Waals surface area contributed by atoms with Crippen LogP contribution in [0.5, 0.6) is 0 Å². The maximum absolute atomic E-state index is 11.9. The van der Waals surface area contributed by atoms with Crippen LogP contribution in [-0.4, -0.2) is 65.8 Å². The molecule has 2 aliphatic rings. The summed E-state index contributed by atoms with van der Waals surface area (Å²) < 4.78 is 4.73. The van der Waals surface area contributed by atoms with Crippen molar-refractivity contribution in [3.8, 4) is 0 Å². The second-order valence-electron chi connectivity index (χ2n) is 4.46. The van der Waals surface area contributed by atoms with Crippen molar-refractivity contribution >= 4 is 12.0 Å². The number of ether oxygens (including phenoxy) is 1. The van der Waals surface area contributed by atoms with Gasteiger partial charge in [0.2, 0.25) is 5.91 Å². The Bertz CT molecular complexity index is 308. The summed E-state index contributed by atoms with van der Waals surface area (Å²) in [7, 11) is 0. The van der Waals surface area contributed by atoms with Crippen molar-refractivity contribution < 1.29 is 19.4 Å². The highest BCUT2D eigenvalue weighted by Crippen LogP contribution is 2.17. The Morgan fingerprint density at radius 1 is 1.41 bits per heavy atom. The summed E-state index contributed by atoms with van der Waals surface area (Å²) >= 11 is 0. The van der Waals surface area contributed by atoms with E-state index < -0.39 is 6.09 Å². The third-order valence-corrected chi connectivity index (χ3v) is 3.36. The van der Waals surface area contributed by atoms with Crippen molar-refractivity contribution in [3.05, 3.63) is 0 Å². The maximum Gasteiger partial charge on any atom is 0.416 e. The lowest BCUT2D eigenvalue weighted by atomic mass is 10.0. The van der Waals surface area contributed by atoms with Gasteiger partial charge in [-0.2, -0.15) is 0 Å². The third kappa shape index (κ3) is 2.76. The first-order chi connectivity index (χ1) is 8.22. The average Bonchev–Trinajstić information content (AvgIpc) is 2.76. The smallest absolute Gasteiger partial charge is 0.416 e. The van der Waals surface area contributed by atoms with Crippen LogP contribution in [0, 0.1) is 0 Å². The molecule has 0 aliphatic carbocycles. The van der Waals surface area contributed by atoms with Gasteiger partial charge in [-0.1, -0.05) is 6.42 Å². The third-order valence-electron chi connectivity index (χ3n) is 3.36. The monoisotopic (exact) mass is 242 g/mol. The number of nitrogens with zero attached hydrogens (tertiary/aromatic N) is 2. The van der Waals surface area contributed by atoms with E-state index in [2.05, 4.69) is 0 Å². The number of rotatable bonds is 3. The number of amides is 2. The zero-order chi connectivity index (χ0) is 12.3. The van der Waals surface area contributed by atoms with Crippen molar-refractivity contribution in [2.75, 3.05) is 32.8 Å². The van der Waals surface area contributed by atoms with Gasteiger partial charge < -0.3 is 9.84 Å². The molecule has 2 amide bonds. The van der Waals surface area contributed by atoms with Crippen LogP contribution in [0.15, 0.2) is 0 Å². The van der Waals surface area contributed by atoms with Gasteiger partial charge in [0.1, 0.15) is 6.61 Å². The lowest BCUT2D eigenvalue weighted by Crippen LogP contribution is -2.48. The normalized spacial score (nSPS) is 26.1. The summed E-state index contributed by atoms with van der Waals surface area (Å²) in [5.74, 6) is -0.229. The molecule has 0 aromatic heterocycles.